The Morgan fingerprint density at radius 2 is 1.68 bits per heavy atom. The van der Waals surface area contributed by atoms with Crippen molar-refractivity contribution in [2.75, 3.05) is 21.3 Å². The summed E-state index contributed by atoms with van der Waals surface area (Å²) in [5.41, 5.74) is 3.25. The van der Waals surface area contributed by atoms with Crippen LogP contribution < -0.4 is 19.6 Å². The molecule has 144 valence electrons. The van der Waals surface area contributed by atoms with E-state index in [1.807, 2.05) is 30.3 Å². The number of phenolic OH excluding ortho intramolecular Hbond substituents is 1. The van der Waals surface area contributed by atoms with Gasteiger partial charge in [-0.05, 0) is 29.0 Å². The molecule has 3 aromatic rings. The molecule has 0 aliphatic heterocycles. The number of methoxy groups -OCH3 is 3. The van der Waals surface area contributed by atoms with E-state index in [0.717, 1.165) is 10.8 Å². The largest absolute Gasteiger partial charge is 0.507 e. The number of ether oxygens (including phenoxy) is 3. The smallest absolute Gasteiger partial charge is 0.271 e. The molecule has 0 unspecified atom stereocenters. The Bertz CT molecular complexity index is 1020. The van der Waals surface area contributed by atoms with Gasteiger partial charge in [-0.2, -0.15) is 5.10 Å². The SMILES string of the molecule is COc1cc(C(=O)N/N=C/c2c(O)ccc3ccccc23)cc(OC)c1OC. The van der Waals surface area contributed by atoms with Gasteiger partial charge in [0.15, 0.2) is 11.5 Å². The maximum Gasteiger partial charge on any atom is 0.271 e. The predicted molar refractivity (Wildman–Crippen MR) is 107 cm³/mol. The van der Waals surface area contributed by atoms with Gasteiger partial charge < -0.3 is 19.3 Å². The zero-order valence-corrected chi connectivity index (χ0v) is 15.7. The summed E-state index contributed by atoms with van der Waals surface area (Å²) >= 11 is 0. The average molecular weight is 380 g/mol. The van der Waals surface area contributed by atoms with Crippen molar-refractivity contribution in [3.8, 4) is 23.0 Å². The first kappa shape index (κ1) is 19.0. The number of hydrogen-bond acceptors (Lipinski definition) is 6. The number of carbonyl (C=O) groups is 1. The molecule has 0 aliphatic rings. The Labute approximate surface area is 162 Å². The Morgan fingerprint density at radius 1 is 1.00 bits per heavy atom. The Balaban J connectivity index is 1.86. The van der Waals surface area contributed by atoms with E-state index in [-0.39, 0.29) is 11.3 Å². The molecular formula is C21H20N2O5. The summed E-state index contributed by atoms with van der Waals surface area (Å²) in [5, 5.41) is 15.9. The number of hydrazone groups is 1. The lowest BCUT2D eigenvalue weighted by Gasteiger charge is -2.13. The molecule has 28 heavy (non-hydrogen) atoms. The quantitative estimate of drug-likeness (QED) is 0.506. The standard InChI is InChI=1S/C21H20N2O5/c1-26-18-10-14(11-19(27-2)20(18)28-3)21(25)23-22-12-16-15-7-5-4-6-13(15)8-9-17(16)24/h4-12,24H,1-3H3,(H,23,25)/b22-12+. The van der Waals surface area contributed by atoms with Crippen LogP contribution in [0.5, 0.6) is 23.0 Å². The lowest BCUT2D eigenvalue weighted by molar-refractivity contribution is 0.0954. The molecule has 0 radical (unpaired) electrons. The number of nitrogens with one attached hydrogen (secondary N) is 1. The number of phenols is 1. The van der Waals surface area contributed by atoms with E-state index in [2.05, 4.69) is 10.5 Å². The van der Waals surface area contributed by atoms with Crippen LogP contribution in [0.15, 0.2) is 53.6 Å². The molecule has 3 aromatic carbocycles. The number of hydrogen-bond donors (Lipinski definition) is 2. The first-order valence-electron chi connectivity index (χ1n) is 8.43. The molecule has 0 aromatic heterocycles. The second kappa shape index (κ2) is 8.30. The summed E-state index contributed by atoms with van der Waals surface area (Å²) in [6.07, 6.45) is 1.41. The summed E-state index contributed by atoms with van der Waals surface area (Å²) in [4.78, 5) is 12.5. The van der Waals surface area contributed by atoms with Crippen LogP contribution in [-0.2, 0) is 0 Å². The highest BCUT2D eigenvalue weighted by Crippen LogP contribution is 2.38. The van der Waals surface area contributed by atoms with Crippen molar-refractivity contribution in [1.29, 1.82) is 0 Å². The predicted octanol–water partition coefficient (Wildman–Crippen LogP) is 3.34. The van der Waals surface area contributed by atoms with Gasteiger partial charge in [0.2, 0.25) is 5.75 Å². The van der Waals surface area contributed by atoms with E-state index in [1.54, 1.807) is 6.07 Å². The van der Waals surface area contributed by atoms with Crippen molar-refractivity contribution in [1.82, 2.24) is 5.43 Å². The lowest BCUT2D eigenvalue weighted by atomic mass is 10.0. The number of carbonyl (C=O) groups excluding carboxylic acids is 1. The molecular weight excluding hydrogens is 360 g/mol. The normalized spacial score (nSPS) is 10.8. The van der Waals surface area contributed by atoms with Gasteiger partial charge in [0.25, 0.3) is 5.91 Å². The van der Waals surface area contributed by atoms with E-state index in [4.69, 9.17) is 14.2 Å². The van der Waals surface area contributed by atoms with E-state index < -0.39 is 5.91 Å². The van der Waals surface area contributed by atoms with Gasteiger partial charge in [-0.3, -0.25) is 4.79 Å². The average Bonchev–Trinajstić information content (AvgIpc) is 2.73. The molecule has 0 heterocycles. The highest BCUT2D eigenvalue weighted by Gasteiger charge is 2.16. The first-order chi connectivity index (χ1) is 13.6. The number of rotatable bonds is 6. The highest BCUT2D eigenvalue weighted by atomic mass is 16.5. The van der Waals surface area contributed by atoms with Crippen LogP contribution >= 0.6 is 0 Å². The first-order valence-corrected chi connectivity index (χ1v) is 8.43. The summed E-state index contributed by atoms with van der Waals surface area (Å²) < 4.78 is 15.7. The van der Waals surface area contributed by atoms with Crippen molar-refractivity contribution in [2.24, 2.45) is 5.10 Å². The van der Waals surface area contributed by atoms with Gasteiger partial charge in [-0.1, -0.05) is 30.3 Å². The van der Waals surface area contributed by atoms with Crippen LogP contribution in [0, 0.1) is 0 Å². The Kier molecular flexibility index (Phi) is 5.64. The molecule has 0 saturated heterocycles. The van der Waals surface area contributed by atoms with Gasteiger partial charge in [0, 0.05) is 11.1 Å². The van der Waals surface area contributed by atoms with Gasteiger partial charge in [-0.15, -0.1) is 0 Å². The van der Waals surface area contributed by atoms with E-state index in [1.165, 1.54) is 39.7 Å². The molecule has 0 spiro atoms. The molecule has 7 heteroatoms. The Morgan fingerprint density at radius 3 is 2.32 bits per heavy atom. The van der Waals surface area contributed by atoms with Crippen LogP contribution in [0.4, 0.5) is 0 Å². The summed E-state index contributed by atoms with van der Waals surface area (Å²) in [6, 6.07) is 14.0. The third-order valence-electron chi connectivity index (χ3n) is 4.23. The van der Waals surface area contributed by atoms with E-state index in [0.29, 0.717) is 22.8 Å². The highest BCUT2D eigenvalue weighted by molar-refractivity contribution is 6.03. The summed E-state index contributed by atoms with van der Waals surface area (Å²) in [5.74, 6) is 0.732. The molecule has 2 N–H and O–H groups in total. The van der Waals surface area contributed by atoms with Gasteiger partial charge in [-0.25, -0.2) is 5.43 Å². The monoisotopic (exact) mass is 380 g/mol. The molecule has 1 amide bonds. The number of amides is 1. The van der Waals surface area contributed by atoms with Crippen LogP contribution in [0.25, 0.3) is 10.8 Å². The Hall–Kier alpha value is -3.74. The minimum atomic E-state index is -0.463. The minimum absolute atomic E-state index is 0.0736. The van der Waals surface area contributed by atoms with Crippen LogP contribution in [0.2, 0.25) is 0 Å². The van der Waals surface area contributed by atoms with Crippen molar-refractivity contribution >= 4 is 22.9 Å². The van der Waals surface area contributed by atoms with Crippen molar-refractivity contribution in [3.05, 3.63) is 59.7 Å². The molecule has 0 atom stereocenters. The van der Waals surface area contributed by atoms with Crippen molar-refractivity contribution in [3.63, 3.8) is 0 Å². The molecule has 0 saturated carbocycles. The van der Waals surface area contributed by atoms with Crippen LogP contribution in [0.3, 0.4) is 0 Å². The van der Waals surface area contributed by atoms with Gasteiger partial charge >= 0.3 is 0 Å². The molecule has 0 aliphatic carbocycles. The van der Waals surface area contributed by atoms with Crippen LogP contribution in [0.1, 0.15) is 15.9 Å². The van der Waals surface area contributed by atoms with Crippen molar-refractivity contribution < 1.29 is 24.1 Å². The maximum absolute atomic E-state index is 12.5. The summed E-state index contributed by atoms with van der Waals surface area (Å²) in [6.45, 7) is 0. The van der Waals surface area contributed by atoms with Gasteiger partial charge in [0.1, 0.15) is 5.75 Å². The lowest BCUT2D eigenvalue weighted by Crippen LogP contribution is -2.18. The fraction of sp³-hybridized carbons (Fsp3) is 0.143. The zero-order chi connectivity index (χ0) is 20.1. The number of aromatic hydroxyl groups is 1. The van der Waals surface area contributed by atoms with E-state index in [9.17, 15) is 9.90 Å². The fourth-order valence-electron chi connectivity index (χ4n) is 2.85. The number of nitrogens with zero attached hydrogens (tertiary/aromatic N) is 1. The zero-order valence-electron chi connectivity index (χ0n) is 15.7. The fourth-order valence-corrected chi connectivity index (χ4v) is 2.85. The number of benzene rings is 3. The molecule has 3 rings (SSSR count). The molecule has 0 fully saturated rings. The maximum atomic E-state index is 12.5. The van der Waals surface area contributed by atoms with Crippen molar-refractivity contribution in [2.45, 2.75) is 0 Å². The third kappa shape index (κ3) is 3.68. The number of fused-ring (bicyclic) bond motifs is 1. The topological polar surface area (TPSA) is 89.4 Å². The molecule has 7 nitrogen and oxygen atoms in total. The van der Waals surface area contributed by atoms with E-state index >= 15 is 0 Å². The molecule has 0 bridgehead atoms. The van der Waals surface area contributed by atoms with Crippen LogP contribution in [-0.4, -0.2) is 38.6 Å². The summed E-state index contributed by atoms with van der Waals surface area (Å²) in [7, 11) is 4.43. The second-order valence-corrected chi connectivity index (χ2v) is 5.83. The second-order valence-electron chi connectivity index (χ2n) is 5.83. The van der Waals surface area contributed by atoms with Gasteiger partial charge in [0.05, 0.1) is 27.5 Å². The third-order valence-corrected chi connectivity index (χ3v) is 4.23. The minimum Gasteiger partial charge on any atom is -0.507 e.